The Morgan fingerprint density at radius 3 is 2.83 bits per heavy atom. The van der Waals surface area contributed by atoms with Crippen molar-refractivity contribution in [3.8, 4) is 0 Å². The molecule has 0 unspecified atom stereocenters. The Labute approximate surface area is 70.2 Å². The van der Waals surface area contributed by atoms with Gasteiger partial charge in [-0.3, -0.25) is 14.8 Å². The summed E-state index contributed by atoms with van der Waals surface area (Å²) < 4.78 is 0. The molecule has 68 valence electrons. The van der Waals surface area contributed by atoms with Gasteiger partial charge in [-0.15, -0.1) is 0 Å². The van der Waals surface area contributed by atoms with Crippen molar-refractivity contribution in [1.29, 1.82) is 0 Å². The highest BCUT2D eigenvalue weighted by molar-refractivity contribution is 6.29. The third-order valence-corrected chi connectivity index (χ3v) is 0.929. The van der Waals surface area contributed by atoms with Gasteiger partial charge in [0.05, 0.1) is 6.21 Å². The minimum Gasteiger partial charge on any atom is -0.480 e. The second-order valence-corrected chi connectivity index (χ2v) is 1.87. The van der Waals surface area contributed by atoms with Crippen molar-refractivity contribution in [2.24, 2.45) is 15.8 Å². The highest BCUT2D eigenvalue weighted by atomic mass is 16.4. The average Bonchev–Trinajstić information content (AvgIpc) is 2.05. The second-order valence-electron chi connectivity index (χ2n) is 1.87. The van der Waals surface area contributed by atoms with Gasteiger partial charge in [-0.1, -0.05) is 0 Å². The van der Waals surface area contributed by atoms with Crippen LogP contribution in [-0.2, 0) is 4.79 Å². The maximum absolute atomic E-state index is 10.1. The Kier molecular flexibility index (Phi) is 5.54. The van der Waals surface area contributed by atoms with Gasteiger partial charge >= 0.3 is 5.97 Å². The summed E-state index contributed by atoms with van der Waals surface area (Å²) in [4.78, 5) is 17.5. The molecule has 0 atom stereocenters. The zero-order valence-corrected chi connectivity index (χ0v) is 6.82. The van der Waals surface area contributed by atoms with E-state index in [-0.39, 0.29) is 12.4 Å². The normalized spacial score (nSPS) is 12.0. The predicted molar refractivity (Wildman–Crippen MR) is 46.3 cm³/mol. The maximum atomic E-state index is 10.1. The summed E-state index contributed by atoms with van der Waals surface area (Å²) >= 11 is 0. The van der Waals surface area contributed by atoms with E-state index in [1.807, 2.05) is 6.92 Å². The summed E-state index contributed by atoms with van der Waals surface area (Å²) in [7, 11) is 0. The van der Waals surface area contributed by atoms with Crippen LogP contribution in [0.15, 0.2) is 9.98 Å². The third-order valence-electron chi connectivity index (χ3n) is 0.929. The topological polar surface area (TPSA) is 100 Å². The highest BCUT2D eigenvalue weighted by Crippen LogP contribution is 1.73. The lowest BCUT2D eigenvalue weighted by Crippen LogP contribution is -2.32. The zero-order chi connectivity index (χ0) is 9.40. The molecule has 4 N–H and O–H groups in total. The molecule has 6 heteroatoms. The Hall–Kier alpha value is -1.43. The molecule has 0 rings (SSSR count). The van der Waals surface area contributed by atoms with Crippen LogP contribution in [0.1, 0.15) is 6.92 Å². The van der Waals surface area contributed by atoms with Gasteiger partial charge in [0, 0.05) is 6.54 Å². The summed E-state index contributed by atoms with van der Waals surface area (Å²) in [6.45, 7) is 2.14. The van der Waals surface area contributed by atoms with Crippen molar-refractivity contribution in [2.75, 3.05) is 13.1 Å². The van der Waals surface area contributed by atoms with Crippen molar-refractivity contribution < 1.29 is 9.90 Å². The number of aliphatic imine (C=N–C) groups is 2. The smallest absolute Gasteiger partial charge is 0.325 e. The van der Waals surface area contributed by atoms with E-state index in [4.69, 9.17) is 10.9 Å². The third kappa shape index (κ3) is 5.36. The number of carboxylic acids is 1. The molecule has 0 aliphatic rings. The van der Waals surface area contributed by atoms with E-state index in [1.54, 1.807) is 0 Å². The number of amidine groups is 1. The van der Waals surface area contributed by atoms with Gasteiger partial charge in [0.1, 0.15) is 6.54 Å². The SMILES string of the molecule is CCN=CC(=NCC(=O)O)NN. The molecule has 0 saturated heterocycles. The van der Waals surface area contributed by atoms with Gasteiger partial charge < -0.3 is 10.5 Å². The van der Waals surface area contributed by atoms with Crippen LogP contribution < -0.4 is 11.3 Å². The molecule has 0 spiro atoms. The molecule has 6 nitrogen and oxygen atoms in total. The first-order chi connectivity index (χ1) is 5.70. The Bertz CT molecular complexity index is 200. The van der Waals surface area contributed by atoms with Crippen molar-refractivity contribution in [3.63, 3.8) is 0 Å². The molecule has 0 heterocycles. The monoisotopic (exact) mass is 172 g/mol. The first kappa shape index (κ1) is 10.6. The molecule has 0 aromatic carbocycles. The molecule has 0 aliphatic heterocycles. The highest BCUT2D eigenvalue weighted by Gasteiger charge is 1.94. The number of nitrogens with zero attached hydrogens (tertiary/aromatic N) is 2. The Morgan fingerprint density at radius 2 is 2.42 bits per heavy atom. The number of carbonyl (C=O) groups is 1. The molecule has 0 aliphatic carbocycles. The van der Waals surface area contributed by atoms with Crippen LogP contribution >= 0.6 is 0 Å². The maximum Gasteiger partial charge on any atom is 0.325 e. The number of nitrogens with one attached hydrogen (secondary N) is 1. The van der Waals surface area contributed by atoms with E-state index >= 15 is 0 Å². The zero-order valence-electron chi connectivity index (χ0n) is 6.82. The van der Waals surface area contributed by atoms with E-state index in [9.17, 15) is 4.79 Å². The quantitative estimate of drug-likeness (QED) is 0.220. The van der Waals surface area contributed by atoms with Gasteiger partial charge in [-0.05, 0) is 6.92 Å². The predicted octanol–water partition coefficient (Wildman–Crippen LogP) is -0.976. The number of carboxylic acid groups (broad SMARTS) is 1. The largest absolute Gasteiger partial charge is 0.480 e. The van der Waals surface area contributed by atoms with Gasteiger partial charge in [-0.25, -0.2) is 5.84 Å². The fourth-order valence-electron chi connectivity index (χ4n) is 0.454. The molecule has 0 fully saturated rings. The lowest BCUT2D eigenvalue weighted by Gasteiger charge is -1.96. The summed E-state index contributed by atoms with van der Waals surface area (Å²) in [5.41, 5.74) is 2.23. The first-order valence-corrected chi connectivity index (χ1v) is 3.43. The average molecular weight is 172 g/mol. The first-order valence-electron chi connectivity index (χ1n) is 3.43. The van der Waals surface area contributed by atoms with Crippen LogP contribution in [0.4, 0.5) is 0 Å². The standard InChI is InChI=1S/C6H12N4O2/c1-2-8-3-5(10-7)9-4-6(11)12/h3H,2,4,7H2,1H3,(H,9,10)(H,11,12). The number of hydrogen-bond acceptors (Lipinski definition) is 4. The van der Waals surface area contributed by atoms with Gasteiger partial charge in [0.15, 0.2) is 5.84 Å². The number of nitrogens with two attached hydrogens (primary N) is 1. The van der Waals surface area contributed by atoms with E-state index < -0.39 is 5.97 Å². The van der Waals surface area contributed by atoms with E-state index in [2.05, 4.69) is 15.4 Å². The molecule has 0 bridgehead atoms. The number of hydrogen-bond donors (Lipinski definition) is 3. The lowest BCUT2D eigenvalue weighted by atomic mass is 10.6. The molecule has 0 aromatic heterocycles. The van der Waals surface area contributed by atoms with Crippen LogP contribution in [0.2, 0.25) is 0 Å². The van der Waals surface area contributed by atoms with Crippen molar-refractivity contribution in [1.82, 2.24) is 5.43 Å². The lowest BCUT2D eigenvalue weighted by molar-refractivity contribution is -0.135. The Balaban J connectivity index is 4.04. The molecule has 0 saturated carbocycles. The number of rotatable bonds is 4. The molecule has 0 aromatic rings. The second kappa shape index (κ2) is 6.29. The van der Waals surface area contributed by atoms with Crippen molar-refractivity contribution >= 4 is 18.0 Å². The van der Waals surface area contributed by atoms with Crippen molar-refractivity contribution in [2.45, 2.75) is 6.92 Å². The molecule has 0 radical (unpaired) electrons. The van der Waals surface area contributed by atoms with Crippen molar-refractivity contribution in [3.05, 3.63) is 0 Å². The Morgan fingerprint density at radius 1 is 1.75 bits per heavy atom. The van der Waals surface area contributed by atoms with Crippen LogP contribution in [-0.4, -0.2) is 36.2 Å². The van der Waals surface area contributed by atoms with Crippen LogP contribution in [0, 0.1) is 0 Å². The van der Waals surface area contributed by atoms with Gasteiger partial charge in [0.25, 0.3) is 0 Å². The minimum absolute atomic E-state index is 0.263. The number of aliphatic carboxylic acids is 1. The van der Waals surface area contributed by atoms with E-state index in [0.717, 1.165) is 0 Å². The summed E-state index contributed by atoms with van der Waals surface area (Å²) in [6.07, 6.45) is 1.39. The fourth-order valence-corrected chi connectivity index (χ4v) is 0.454. The van der Waals surface area contributed by atoms with E-state index in [1.165, 1.54) is 6.21 Å². The molecule has 0 amide bonds. The fraction of sp³-hybridized carbons (Fsp3) is 0.500. The molecule has 12 heavy (non-hydrogen) atoms. The van der Waals surface area contributed by atoms with Gasteiger partial charge in [0.2, 0.25) is 0 Å². The van der Waals surface area contributed by atoms with Crippen LogP contribution in [0.25, 0.3) is 0 Å². The van der Waals surface area contributed by atoms with E-state index in [0.29, 0.717) is 6.54 Å². The minimum atomic E-state index is -1.01. The summed E-state index contributed by atoms with van der Waals surface area (Å²) in [5, 5.41) is 8.26. The van der Waals surface area contributed by atoms with Gasteiger partial charge in [-0.2, -0.15) is 0 Å². The summed E-state index contributed by atoms with van der Waals surface area (Å²) in [5.74, 6) is 4.29. The van der Waals surface area contributed by atoms with Crippen LogP contribution in [0.3, 0.4) is 0 Å². The summed E-state index contributed by atoms with van der Waals surface area (Å²) in [6, 6.07) is 0. The molecular weight excluding hydrogens is 160 g/mol. The van der Waals surface area contributed by atoms with Crippen LogP contribution in [0.5, 0.6) is 0 Å². The number of hydrazine groups is 1. The molecular formula is C6H12N4O2.